The first kappa shape index (κ1) is 14.2. The summed E-state index contributed by atoms with van der Waals surface area (Å²) < 4.78 is 0. The Kier molecular flexibility index (Phi) is 6.23. The van der Waals surface area contributed by atoms with Crippen molar-refractivity contribution < 1.29 is 9.59 Å². The van der Waals surface area contributed by atoms with Crippen LogP contribution in [0.15, 0.2) is 0 Å². The molecule has 0 unspecified atom stereocenters. The largest absolute Gasteiger partial charge is 0.343 e. The molecular weight excluding hydrogens is 214 g/mol. The highest BCUT2D eigenvalue weighted by Crippen LogP contribution is 2.20. The predicted molar refractivity (Wildman–Crippen MR) is 68.8 cm³/mol. The van der Waals surface area contributed by atoms with Gasteiger partial charge in [-0.3, -0.25) is 9.59 Å². The van der Waals surface area contributed by atoms with Gasteiger partial charge in [0.15, 0.2) is 0 Å². The Morgan fingerprint density at radius 3 is 2.47 bits per heavy atom. The smallest absolute Gasteiger partial charge is 0.222 e. The van der Waals surface area contributed by atoms with Crippen LogP contribution < -0.4 is 0 Å². The van der Waals surface area contributed by atoms with E-state index in [-0.39, 0.29) is 5.91 Å². The number of hydrogen-bond acceptors (Lipinski definition) is 2. The van der Waals surface area contributed by atoms with Crippen molar-refractivity contribution in [2.45, 2.75) is 70.8 Å². The number of carbonyl (C=O) groups excluding carboxylic acids is 2. The van der Waals surface area contributed by atoms with Gasteiger partial charge in [0.1, 0.15) is 5.78 Å². The van der Waals surface area contributed by atoms with Crippen LogP contribution in [0.4, 0.5) is 0 Å². The molecule has 98 valence electrons. The number of carbonyl (C=O) groups is 2. The van der Waals surface area contributed by atoms with Crippen molar-refractivity contribution in [3.63, 3.8) is 0 Å². The fraction of sp³-hybridized carbons (Fsp3) is 0.857. The van der Waals surface area contributed by atoms with Crippen molar-refractivity contribution in [3.05, 3.63) is 0 Å². The molecule has 1 fully saturated rings. The van der Waals surface area contributed by atoms with Crippen molar-refractivity contribution in [2.75, 3.05) is 7.05 Å². The number of rotatable bonds is 6. The van der Waals surface area contributed by atoms with Gasteiger partial charge >= 0.3 is 0 Å². The minimum atomic E-state index is 0.250. The zero-order valence-electron chi connectivity index (χ0n) is 11.2. The van der Waals surface area contributed by atoms with Crippen LogP contribution >= 0.6 is 0 Å². The summed E-state index contributed by atoms with van der Waals surface area (Å²) in [5, 5.41) is 0. The van der Waals surface area contributed by atoms with Gasteiger partial charge in [0, 0.05) is 32.4 Å². The summed E-state index contributed by atoms with van der Waals surface area (Å²) in [6, 6.07) is 0.298. The second kappa shape index (κ2) is 7.46. The molecule has 0 N–H and O–H groups in total. The molecule has 0 spiro atoms. The number of unbranched alkanes of at least 4 members (excludes halogenated alkanes) is 3. The van der Waals surface area contributed by atoms with E-state index in [1.165, 1.54) is 12.8 Å². The second-order valence-electron chi connectivity index (χ2n) is 5.09. The van der Waals surface area contributed by atoms with E-state index >= 15 is 0 Å². The van der Waals surface area contributed by atoms with Gasteiger partial charge in [-0.2, -0.15) is 0 Å². The van der Waals surface area contributed by atoms with E-state index in [2.05, 4.69) is 6.92 Å². The first-order chi connectivity index (χ1) is 8.15. The molecule has 0 saturated heterocycles. The van der Waals surface area contributed by atoms with E-state index in [1.807, 2.05) is 11.9 Å². The quantitative estimate of drug-likeness (QED) is 0.668. The van der Waals surface area contributed by atoms with Crippen LogP contribution in [0.5, 0.6) is 0 Å². The van der Waals surface area contributed by atoms with Crippen LogP contribution in [-0.2, 0) is 9.59 Å². The maximum atomic E-state index is 11.9. The van der Waals surface area contributed by atoms with E-state index in [1.54, 1.807) is 0 Å². The average molecular weight is 239 g/mol. The lowest BCUT2D eigenvalue weighted by atomic mass is 9.93. The Morgan fingerprint density at radius 1 is 1.24 bits per heavy atom. The highest BCUT2D eigenvalue weighted by molar-refractivity contribution is 5.80. The topological polar surface area (TPSA) is 37.4 Å². The summed E-state index contributed by atoms with van der Waals surface area (Å²) in [5.74, 6) is 0.602. The molecule has 0 bridgehead atoms. The summed E-state index contributed by atoms with van der Waals surface area (Å²) in [5.41, 5.74) is 0. The maximum absolute atomic E-state index is 11.9. The normalized spacial score (nSPS) is 17.2. The van der Waals surface area contributed by atoms with Crippen LogP contribution in [0, 0.1) is 0 Å². The van der Waals surface area contributed by atoms with Gasteiger partial charge in [-0.05, 0) is 19.3 Å². The zero-order valence-corrected chi connectivity index (χ0v) is 11.2. The van der Waals surface area contributed by atoms with Crippen LogP contribution in [0.3, 0.4) is 0 Å². The summed E-state index contributed by atoms with van der Waals surface area (Å²) in [6.45, 7) is 2.17. The standard InChI is InChI=1S/C14H25NO2/c1-3-4-5-6-7-14(17)15(2)12-8-10-13(16)11-9-12/h12H,3-11H2,1-2H3. The molecule has 0 aromatic carbocycles. The Labute approximate surface area is 105 Å². The number of Topliss-reactive ketones (excluding diaryl/α,β-unsaturated/α-hetero) is 1. The van der Waals surface area contributed by atoms with Crippen molar-refractivity contribution in [1.82, 2.24) is 4.90 Å². The molecule has 0 aromatic heterocycles. The summed E-state index contributed by atoms with van der Waals surface area (Å²) in [6.07, 6.45) is 8.26. The highest BCUT2D eigenvalue weighted by atomic mass is 16.2. The number of ketones is 1. The van der Waals surface area contributed by atoms with Crippen LogP contribution in [0.25, 0.3) is 0 Å². The monoisotopic (exact) mass is 239 g/mol. The first-order valence-corrected chi connectivity index (χ1v) is 6.92. The minimum Gasteiger partial charge on any atom is -0.343 e. The Bertz CT molecular complexity index is 253. The third-order valence-corrected chi connectivity index (χ3v) is 3.70. The maximum Gasteiger partial charge on any atom is 0.222 e. The van der Waals surface area contributed by atoms with Gasteiger partial charge in [0.2, 0.25) is 5.91 Å². The van der Waals surface area contributed by atoms with E-state index in [9.17, 15) is 9.59 Å². The van der Waals surface area contributed by atoms with Crippen LogP contribution in [0.2, 0.25) is 0 Å². The van der Waals surface area contributed by atoms with E-state index in [4.69, 9.17) is 0 Å². The van der Waals surface area contributed by atoms with Gasteiger partial charge in [0.25, 0.3) is 0 Å². The predicted octanol–water partition coefficient (Wildman–Crippen LogP) is 2.93. The lowest BCUT2D eigenvalue weighted by Crippen LogP contribution is -2.39. The Balaban J connectivity index is 2.23. The molecular formula is C14H25NO2. The van der Waals surface area contributed by atoms with Crippen LogP contribution in [0.1, 0.15) is 64.7 Å². The fourth-order valence-electron chi connectivity index (χ4n) is 2.39. The molecule has 1 saturated carbocycles. The highest BCUT2D eigenvalue weighted by Gasteiger charge is 2.24. The first-order valence-electron chi connectivity index (χ1n) is 6.92. The van der Waals surface area contributed by atoms with Crippen molar-refractivity contribution in [1.29, 1.82) is 0 Å². The van der Waals surface area contributed by atoms with E-state index in [0.717, 1.165) is 25.7 Å². The lowest BCUT2D eigenvalue weighted by molar-refractivity contribution is -0.134. The third-order valence-electron chi connectivity index (χ3n) is 3.70. The number of nitrogens with zero attached hydrogens (tertiary/aromatic N) is 1. The van der Waals surface area contributed by atoms with Crippen molar-refractivity contribution >= 4 is 11.7 Å². The zero-order chi connectivity index (χ0) is 12.7. The molecule has 0 aromatic rings. The number of amides is 1. The fourth-order valence-corrected chi connectivity index (χ4v) is 2.39. The molecule has 3 heteroatoms. The molecule has 17 heavy (non-hydrogen) atoms. The molecule has 1 amide bonds. The van der Waals surface area contributed by atoms with Crippen molar-refractivity contribution in [3.8, 4) is 0 Å². The lowest BCUT2D eigenvalue weighted by Gasteiger charge is -2.30. The Hall–Kier alpha value is -0.860. The average Bonchev–Trinajstić information content (AvgIpc) is 2.34. The third kappa shape index (κ3) is 4.88. The van der Waals surface area contributed by atoms with Gasteiger partial charge in [-0.25, -0.2) is 0 Å². The van der Waals surface area contributed by atoms with Crippen molar-refractivity contribution in [2.24, 2.45) is 0 Å². The molecule has 0 heterocycles. The summed E-state index contributed by atoms with van der Waals surface area (Å²) in [4.78, 5) is 24.9. The summed E-state index contributed by atoms with van der Waals surface area (Å²) in [7, 11) is 1.89. The number of hydrogen-bond donors (Lipinski definition) is 0. The summed E-state index contributed by atoms with van der Waals surface area (Å²) >= 11 is 0. The second-order valence-corrected chi connectivity index (χ2v) is 5.09. The SMILES string of the molecule is CCCCCCC(=O)N(C)C1CCC(=O)CC1. The molecule has 0 aliphatic heterocycles. The molecule has 1 aliphatic rings. The van der Waals surface area contributed by atoms with Gasteiger partial charge < -0.3 is 4.90 Å². The molecule has 0 radical (unpaired) electrons. The van der Waals surface area contributed by atoms with Crippen LogP contribution in [-0.4, -0.2) is 29.7 Å². The van der Waals surface area contributed by atoms with Gasteiger partial charge in [0.05, 0.1) is 0 Å². The molecule has 0 atom stereocenters. The van der Waals surface area contributed by atoms with Gasteiger partial charge in [-0.15, -0.1) is 0 Å². The molecule has 1 rings (SSSR count). The van der Waals surface area contributed by atoms with E-state index in [0.29, 0.717) is 31.1 Å². The molecule has 1 aliphatic carbocycles. The Morgan fingerprint density at radius 2 is 1.88 bits per heavy atom. The van der Waals surface area contributed by atoms with E-state index < -0.39 is 0 Å². The minimum absolute atomic E-state index is 0.250. The molecule has 3 nitrogen and oxygen atoms in total. The van der Waals surface area contributed by atoms with Gasteiger partial charge in [-0.1, -0.05) is 26.2 Å².